The van der Waals surface area contributed by atoms with Crippen LogP contribution in [-0.4, -0.2) is 16.8 Å². The SMILES string of the molecule is CNC(c1ccc(Br)cc1Cl)c1c(Cl)cnn1C(C)C. The first-order valence-electron chi connectivity index (χ1n) is 6.30. The average Bonchev–Trinajstić information content (AvgIpc) is 2.75. The minimum Gasteiger partial charge on any atom is -0.308 e. The molecule has 1 atom stereocenters. The molecule has 1 unspecified atom stereocenters. The van der Waals surface area contributed by atoms with Crippen molar-refractivity contribution in [1.29, 1.82) is 0 Å². The van der Waals surface area contributed by atoms with E-state index in [1.165, 1.54) is 0 Å². The highest BCUT2D eigenvalue weighted by Crippen LogP contribution is 2.34. The van der Waals surface area contributed by atoms with Gasteiger partial charge in [-0.15, -0.1) is 0 Å². The molecule has 1 heterocycles. The Kier molecular flexibility index (Phi) is 5.13. The number of benzene rings is 1. The zero-order chi connectivity index (χ0) is 14.9. The number of rotatable bonds is 4. The van der Waals surface area contributed by atoms with E-state index >= 15 is 0 Å². The molecule has 0 aliphatic heterocycles. The van der Waals surface area contributed by atoms with Crippen molar-refractivity contribution < 1.29 is 0 Å². The van der Waals surface area contributed by atoms with Gasteiger partial charge in [-0.05, 0) is 38.6 Å². The zero-order valence-corrected chi connectivity index (χ0v) is 14.6. The van der Waals surface area contributed by atoms with Gasteiger partial charge in [-0.1, -0.05) is 45.2 Å². The standard InChI is InChI=1S/C14H16BrCl2N3/c1-8(2)20-14(12(17)7-19-20)13(18-3)10-5-4-9(15)6-11(10)16/h4-8,13,18H,1-3H3. The van der Waals surface area contributed by atoms with Crippen LogP contribution in [0.5, 0.6) is 0 Å². The summed E-state index contributed by atoms with van der Waals surface area (Å²) < 4.78 is 2.87. The fourth-order valence-corrected chi connectivity index (χ4v) is 3.23. The molecule has 2 aromatic rings. The van der Waals surface area contributed by atoms with Crippen LogP contribution in [0.25, 0.3) is 0 Å². The Morgan fingerprint density at radius 3 is 2.50 bits per heavy atom. The molecule has 0 aliphatic rings. The van der Waals surface area contributed by atoms with E-state index in [0.29, 0.717) is 10.0 Å². The third kappa shape index (κ3) is 3.03. The lowest BCUT2D eigenvalue weighted by atomic mass is 10.0. The molecule has 6 heteroatoms. The van der Waals surface area contributed by atoms with Crippen LogP contribution in [0.4, 0.5) is 0 Å². The second kappa shape index (κ2) is 6.48. The highest BCUT2D eigenvalue weighted by atomic mass is 79.9. The molecule has 0 saturated carbocycles. The van der Waals surface area contributed by atoms with Crippen molar-refractivity contribution in [1.82, 2.24) is 15.1 Å². The van der Waals surface area contributed by atoms with Gasteiger partial charge in [-0.2, -0.15) is 5.10 Å². The van der Waals surface area contributed by atoms with Crippen LogP contribution < -0.4 is 5.32 Å². The average molecular weight is 377 g/mol. The lowest BCUT2D eigenvalue weighted by Gasteiger charge is -2.22. The van der Waals surface area contributed by atoms with E-state index in [2.05, 4.69) is 40.2 Å². The van der Waals surface area contributed by atoms with Gasteiger partial charge < -0.3 is 5.32 Å². The summed E-state index contributed by atoms with van der Waals surface area (Å²) in [6.45, 7) is 4.14. The van der Waals surface area contributed by atoms with Crippen molar-refractivity contribution in [2.45, 2.75) is 25.9 Å². The van der Waals surface area contributed by atoms with Gasteiger partial charge in [0.2, 0.25) is 0 Å². The number of halogens is 3. The van der Waals surface area contributed by atoms with E-state index in [4.69, 9.17) is 23.2 Å². The Labute approximate surface area is 137 Å². The van der Waals surface area contributed by atoms with Crippen LogP contribution in [-0.2, 0) is 0 Å². The molecular weight excluding hydrogens is 361 g/mol. The van der Waals surface area contributed by atoms with Gasteiger partial charge in [0.05, 0.1) is 23.0 Å². The minimum absolute atomic E-state index is 0.104. The van der Waals surface area contributed by atoms with Crippen molar-refractivity contribution >= 4 is 39.1 Å². The maximum absolute atomic E-state index is 6.36. The van der Waals surface area contributed by atoms with Gasteiger partial charge in [-0.3, -0.25) is 4.68 Å². The minimum atomic E-state index is -0.104. The second-order valence-corrected chi connectivity index (χ2v) is 6.53. The van der Waals surface area contributed by atoms with Crippen LogP contribution in [0.15, 0.2) is 28.9 Å². The van der Waals surface area contributed by atoms with Gasteiger partial charge in [0.1, 0.15) is 0 Å². The fraction of sp³-hybridized carbons (Fsp3) is 0.357. The van der Waals surface area contributed by atoms with Crippen LogP contribution in [0.1, 0.15) is 37.2 Å². The predicted molar refractivity (Wildman–Crippen MR) is 87.7 cm³/mol. The van der Waals surface area contributed by atoms with Crippen molar-refractivity contribution in [3.63, 3.8) is 0 Å². The Morgan fingerprint density at radius 2 is 1.95 bits per heavy atom. The number of aromatic nitrogens is 2. The molecule has 0 spiro atoms. The maximum atomic E-state index is 6.36. The van der Waals surface area contributed by atoms with E-state index < -0.39 is 0 Å². The van der Waals surface area contributed by atoms with Crippen LogP contribution in [0.2, 0.25) is 10.0 Å². The van der Waals surface area contributed by atoms with E-state index in [9.17, 15) is 0 Å². The van der Waals surface area contributed by atoms with Crippen LogP contribution >= 0.6 is 39.1 Å². The highest BCUT2D eigenvalue weighted by Gasteiger charge is 2.23. The second-order valence-electron chi connectivity index (χ2n) is 4.80. The van der Waals surface area contributed by atoms with E-state index in [-0.39, 0.29) is 12.1 Å². The first-order valence-corrected chi connectivity index (χ1v) is 7.85. The fourth-order valence-electron chi connectivity index (χ4n) is 2.21. The molecule has 0 saturated heterocycles. The zero-order valence-electron chi connectivity index (χ0n) is 11.5. The van der Waals surface area contributed by atoms with Gasteiger partial charge in [0.25, 0.3) is 0 Å². The molecule has 20 heavy (non-hydrogen) atoms. The monoisotopic (exact) mass is 375 g/mol. The summed E-state index contributed by atoms with van der Waals surface area (Å²) in [4.78, 5) is 0. The van der Waals surface area contributed by atoms with Gasteiger partial charge in [0.15, 0.2) is 0 Å². The summed E-state index contributed by atoms with van der Waals surface area (Å²) in [6, 6.07) is 5.96. The molecule has 0 aliphatic carbocycles. The molecule has 108 valence electrons. The molecule has 0 bridgehead atoms. The molecule has 3 nitrogen and oxygen atoms in total. The molecule has 0 radical (unpaired) electrons. The first kappa shape index (κ1) is 15.8. The smallest absolute Gasteiger partial charge is 0.0837 e. The van der Waals surface area contributed by atoms with Gasteiger partial charge in [0, 0.05) is 15.5 Å². The number of nitrogens with zero attached hydrogens (tertiary/aromatic N) is 2. The third-order valence-electron chi connectivity index (χ3n) is 3.11. The summed E-state index contributed by atoms with van der Waals surface area (Å²) >= 11 is 16.1. The summed E-state index contributed by atoms with van der Waals surface area (Å²) in [5, 5.41) is 8.94. The molecule has 1 aromatic heterocycles. The van der Waals surface area contributed by atoms with Gasteiger partial charge in [-0.25, -0.2) is 0 Å². The molecular formula is C14H16BrCl2N3. The molecule has 0 fully saturated rings. The largest absolute Gasteiger partial charge is 0.308 e. The lowest BCUT2D eigenvalue weighted by molar-refractivity contribution is 0.484. The van der Waals surface area contributed by atoms with Crippen molar-refractivity contribution in [2.24, 2.45) is 0 Å². The van der Waals surface area contributed by atoms with Crippen molar-refractivity contribution in [3.05, 3.63) is 50.2 Å². The van der Waals surface area contributed by atoms with E-state index in [0.717, 1.165) is 15.7 Å². The highest BCUT2D eigenvalue weighted by molar-refractivity contribution is 9.10. The van der Waals surface area contributed by atoms with Crippen molar-refractivity contribution in [2.75, 3.05) is 7.05 Å². The summed E-state index contributed by atoms with van der Waals surface area (Å²) in [6.07, 6.45) is 1.67. The lowest BCUT2D eigenvalue weighted by Crippen LogP contribution is -2.23. The molecule has 1 N–H and O–H groups in total. The number of hydrogen-bond acceptors (Lipinski definition) is 2. The van der Waals surface area contributed by atoms with Crippen LogP contribution in [0.3, 0.4) is 0 Å². The summed E-state index contributed by atoms with van der Waals surface area (Å²) in [5.74, 6) is 0. The maximum Gasteiger partial charge on any atom is 0.0837 e. The molecule has 1 aromatic carbocycles. The Hall–Kier alpha value is -0.550. The number of hydrogen-bond donors (Lipinski definition) is 1. The Morgan fingerprint density at radius 1 is 1.25 bits per heavy atom. The Bertz CT molecular complexity index is 610. The Balaban J connectivity index is 2.55. The third-order valence-corrected chi connectivity index (χ3v) is 4.22. The predicted octanol–water partition coefficient (Wildman–Crippen LogP) is 4.84. The topological polar surface area (TPSA) is 29.9 Å². The quantitative estimate of drug-likeness (QED) is 0.827. The first-order chi connectivity index (χ1) is 9.45. The number of nitrogens with one attached hydrogen (secondary N) is 1. The molecule has 0 amide bonds. The molecule has 2 rings (SSSR count). The summed E-state index contributed by atoms with van der Waals surface area (Å²) in [7, 11) is 1.89. The van der Waals surface area contributed by atoms with E-state index in [1.54, 1.807) is 6.20 Å². The van der Waals surface area contributed by atoms with Gasteiger partial charge >= 0.3 is 0 Å². The van der Waals surface area contributed by atoms with E-state index in [1.807, 2.05) is 29.9 Å². The normalized spacial score (nSPS) is 12.9. The summed E-state index contributed by atoms with van der Waals surface area (Å²) in [5.41, 5.74) is 1.90. The van der Waals surface area contributed by atoms with Crippen LogP contribution in [0, 0.1) is 0 Å². The van der Waals surface area contributed by atoms with Crippen molar-refractivity contribution in [3.8, 4) is 0 Å².